The molecule has 90 valence electrons. The zero-order valence-corrected chi connectivity index (χ0v) is 10.8. The van der Waals surface area contributed by atoms with Crippen molar-refractivity contribution in [2.24, 2.45) is 0 Å². The van der Waals surface area contributed by atoms with E-state index < -0.39 is 0 Å². The molecule has 0 bridgehead atoms. The van der Waals surface area contributed by atoms with Crippen LogP contribution in [0.4, 0.5) is 0 Å². The quantitative estimate of drug-likeness (QED) is 0.711. The Morgan fingerprint density at radius 1 is 1.28 bits per heavy atom. The molecule has 0 radical (unpaired) electrons. The van der Waals surface area contributed by atoms with E-state index in [4.69, 9.17) is 0 Å². The van der Waals surface area contributed by atoms with Crippen molar-refractivity contribution in [3.05, 3.63) is 57.6 Å². The number of fused-ring (bicyclic) bond motifs is 1. The Morgan fingerprint density at radius 2 is 2.17 bits per heavy atom. The van der Waals surface area contributed by atoms with Crippen molar-refractivity contribution in [3.63, 3.8) is 0 Å². The highest BCUT2D eigenvalue weighted by Gasteiger charge is 2.07. The van der Waals surface area contributed by atoms with Gasteiger partial charge in [-0.1, -0.05) is 0 Å². The minimum absolute atomic E-state index is 0.197. The molecule has 0 amide bonds. The van der Waals surface area contributed by atoms with Crippen LogP contribution in [0, 0.1) is 0 Å². The number of halogens is 1. The van der Waals surface area contributed by atoms with Gasteiger partial charge in [0.15, 0.2) is 5.65 Å². The van der Waals surface area contributed by atoms with Gasteiger partial charge < -0.3 is 0 Å². The highest BCUT2D eigenvalue weighted by molar-refractivity contribution is 9.10. The van der Waals surface area contributed by atoms with Crippen molar-refractivity contribution in [1.82, 2.24) is 24.1 Å². The third-order valence-corrected chi connectivity index (χ3v) is 2.96. The van der Waals surface area contributed by atoms with Gasteiger partial charge in [0.05, 0.1) is 18.4 Å². The monoisotopic (exact) mass is 305 g/mol. The second-order valence-corrected chi connectivity index (χ2v) is 4.63. The smallest absolute Gasteiger partial charge is 0.259 e. The van der Waals surface area contributed by atoms with Gasteiger partial charge in [-0.3, -0.25) is 9.97 Å². The molecule has 0 saturated heterocycles. The zero-order chi connectivity index (χ0) is 12.5. The Balaban J connectivity index is 2.02. The SMILES string of the molecule is O=c1n(Cc2ccc(Br)cn2)nc2cnccn12. The van der Waals surface area contributed by atoms with Crippen molar-refractivity contribution in [2.45, 2.75) is 6.54 Å². The lowest BCUT2D eigenvalue weighted by Crippen LogP contribution is -2.22. The van der Waals surface area contributed by atoms with E-state index in [-0.39, 0.29) is 5.69 Å². The molecule has 18 heavy (non-hydrogen) atoms. The van der Waals surface area contributed by atoms with E-state index in [1.807, 2.05) is 12.1 Å². The summed E-state index contributed by atoms with van der Waals surface area (Å²) in [4.78, 5) is 20.1. The molecule has 0 aromatic carbocycles. The average molecular weight is 306 g/mol. The van der Waals surface area contributed by atoms with Crippen LogP contribution in [0.5, 0.6) is 0 Å². The summed E-state index contributed by atoms with van der Waals surface area (Å²) in [6.45, 7) is 0.341. The molecule has 0 aliphatic rings. The average Bonchev–Trinajstić information content (AvgIpc) is 2.70. The Kier molecular flexibility index (Phi) is 2.67. The van der Waals surface area contributed by atoms with Crippen LogP contribution in [0.25, 0.3) is 5.65 Å². The third-order valence-electron chi connectivity index (χ3n) is 2.49. The Hall–Kier alpha value is -2.02. The summed E-state index contributed by atoms with van der Waals surface area (Å²) in [5, 5.41) is 4.18. The van der Waals surface area contributed by atoms with Gasteiger partial charge in [0, 0.05) is 23.1 Å². The maximum atomic E-state index is 12.0. The summed E-state index contributed by atoms with van der Waals surface area (Å²) in [6, 6.07) is 3.73. The lowest BCUT2D eigenvalue weighted by molar-refractivity contribution is 0.646. The Labute approximate surface area is 110 Å². The van der Waals surface area contributed by atoms with Crippen LogP contribution < -0.4 is 5.69 Å². The van der Waals surface area contributed by atoms with Gasteiger partial charge in [-0.25, -0.2) is 13.9 Å². The van der Waals surface area contributed by atoms with Crippen LogP contribution in [0.15, 0.2) is 46.2 Å². The molecule has 0 unspecified atom stereocenters. The molecule has 3 aromatic rings. The van der Waals surface area contributed by atoms with E-state index in [9.17, 15) is 4.79 Å². The molecular formula is C11H8BrN5O. The minimum atomic E-state index is -0.197. The molecule has 3 heterocycles. The summed E-state index contributed by atoms with van der Waals surface area (Å²) in [6.07, 6.45) is 6.39. The van der Waals surface area contributed by atoms with Crippen LogP contribution in [-0.2, 0) is 6.54 Å². The molecule has 7 heteroatoms. The normalized spacial score (nSPS) is 10.9. The first-order chi connectivity index (χ1) is 8.74. The zero-order valence-electron chi connectivity index (χ0n) is 9.19. The third kappa shape index (κ3) is 1.92. The van der Waals surface area contributed by atoms with Gasteiger partial charge in [-0.05, 0) is 28.1 Å². The van der Waals surface area contributed by atoms with E-state index >= 15 is 0 Å². The predicted octanol–water partition coefficient (Wildman–Crippen LogP) is 1.10. The second-order valence-electron chi connectivity index (χ2n) is 3.71. The maximum absolute atomic E-state index is 12.0. The van der Waals surface area contributed by atoms with Crippen molar-refractivity contribution in [1.29, 1.82) is 0 Å². The molecule has 3 rings (SSSR count). The Morgan fingerprint density at radius 3 is 2.89 bits per heavy atom. The number of hydrogen-bond donors (Lipinski definition) is 0. The fraction of sp³-hybridized carbons (Fsp3) is 0.0909. The largest absolute Gasteiger partial charge is 0.350 e. The number of aromatic nitrogens is 5. The van der Waals surface area contributed by atoms with E-state index in [0.717, 1.165) is 10.2 Å². The number of nitrogens with zero attached hydrogens (tertiary/aromatic N) is 5. The fourth-order valence-electron chi connectivity index (χ4n) is 1.64. The predicted molar refractivity (Wildman–Crippen MR) is 68.3 cm³/mol. The first kappa shape index (κ1) is 11.1. The molecule has 3 aromatic heterocycles. The molecular weight excluding hydrogens is 298 g/mol. The molecule has 0 N–H and O–H groups in total. The van der Waals surface area contributed by atoms with Crippen LogP contribution in [0.3, 0.4) is 0 Å². The molecule has 0 aliphatic carbocycles. The van der Waals surface area contributed by atoms with E-state index in [0.29, 0.717) is 12.2 Å². The van der Waals surface area contributed by atoms with Crippen molar-refractivity contribution < 1.29 is 0 Å². The second kappa shape index (κ2) is 4.34. The van der Waals surface area contributed by atoms with Gasteiger partial charge in [0.1, 0.15) is 0 Å². The van der Waals surface area contributed by atoms with Crippen molar-refractivity contribution in [3.8, 4) is 0 Å². The van der Waals surface area contributed by atoms with Crippen LogP contribution >= 0.6 is 15.9 Å². The molecule has 6 nitrogen and oxygen atoms in total. The molecule has 0 fully saturated rings. The highest BCUT2D eigenvalue weighted by atomic mass is 79.9. The summed E-state index contributed by atoms with van der Waals surface area (Å²) in [5.41, 5.74) is 1.10. The standard InChI is InChI=1S/C11H8BrN5O/c12-8-1-2-9(14-5-8)7-17-11(18)16-4-3-13-6-10(16)15-17/h1-6H,7H2. The number of hydrogen-bond acceptors (Lipinski definition) is 4. The summed E-state index contributed by atoms with van der Waals surface area (Å²) >= 11 is 3.31. The number of pyridine rings is 1. The fourth-order valence-corrected chi connectivity index (χ4v) is 1.87. The number of rotatable bonds is 2. The lowest BCUT2D eigenvalue weighted by atomic mass is 10.3. The topological polar surface area (TPSA) is 65.1 Å². The van der Waals surface area contributed by atoms with Crippen LogP contribution in [0.2, 0.25) is 0 Å². The van der Waals surface area contributed by atoms with Gasteiger partial charge in [-0.15, -0.1) is 5.10 Å². The van der Waals surface area contributed by atoms with E-state index in [1.165, 1.54) is 9.08 Å². The van der Waals surface area contributed by atoms with E-state index in [1.54, 1.807) is 24.8 Å². The van der Waals surface area contributed by atoms with Crippen molar-refractivity contribution in [2.75, 3.05) is 0 Å². The van der Waals surface area contributed by atoms with Gasteiger partial charge in [0.25, 0.3) is 0 Å². The highest BCUT2D eigenvalue weighted by Crippen LogP contribution is 2.07. The summed E-state index contributed by atoms with van der Waals surface area (Å²) in [5.74, 6) is 0. The summed E-state index contributed by atoms with van der Waals surface area (Å²) in [7, 11) is 0. The van der Waals surface area contributed by atoms with Gasteiger partial charge in [0.2, 0.25) is 0 Å². The first-order valence-corrected chi connectivity index (χ1v) is 6.03. The summed E-state index contributed by atoms with van der Waals surface area (Å²) < 4.78 is 3.72. The van der Waals surface area contributed by atoms with Gasteiger partial charge in [-0.2, -0.15) is 0 Å². The first-order valence-electron chi connectivity index (χ1n) is 5.24. The minimum Gasteiger partial charge on any atom is -0.259 e. The Bertz CT molecular complexity index is 746. The van der Waals surface area contributed by atoms with Crippen molar-refractivity contribution >= 4 is 21.6 Å². The molecule has 0 saturated carbocycles. The van der Waals surface area contributed by atoms with Crippen LogP contribution in [-0.4, -0.2) is 24.1 Å². The van der Waals surface area contributed by atoms with E-state index in [2.05, 4.69) is 31.0 Å². The molecule has 0 atom stereocenters. The van der Waals surface area contributed by atoms with Gasteiger partial charge >= 0.3 is 5.69 Å². The van der Waals surface area contributed by atoms with Crippen LogP contribution in [0.1, 0.15) is 5.69 Å². The molecule has 0 spiro atoms. The maximum Gasteiger partial charge on any atom is 0.350 e. The molecule has 0 aliphatic heterocycles. The lowest BCUT2D eigenvalue weighted by Gasteiger charge is -1.98.